The van der Waals surface area contributed by atoms with Crippen molar-refractivity contribution in [3.8, 4) is 10.9 Å². The van der Waals surface area contributed by atoms with E-state index >= 15 is 0 Å². The standard InChI is InChI=1S/C23H24N4O3S/c1-3-26(17-8-10-27(13-17)15(2)28)12-16-14-29-20-11-18(6-7-19(16)20)30-23-25-22-21(31-23)5-4-9-24-22/h4-7,9,11,14,17H,3,8,10,12-13H2,1-2H3. The number of nitrogens with zero attached hydrogens (tertiary/aromatic N) is 4. The van der Waals surface area contributed by atoms with Crippen LogP contribution in [0.3, 0.4) is 0 Å². The molecule has 0 bridgehead atoms. The molecule has 4 aromatic rings. The first-order valence-corrected chi connectivity index (χ1v) is 11.3. The highest BCUT2D eigenvalue weighted by atomic mass is 32.1. The topological polar surface area (TPSA) is 71.7 Å². The van der Waals surface area contributed by atoms with Crippen LogP contribution in [0.4, 0.5) is 0 Å². The Kier molecular flexibility index (Phi) is 5.33. The van der Waals surface area contributed by atoms with Gasteiger partial charge in [-0.05, 0) is 37.2 Å². The van der Waals surface area contributed by atoms with E-state index in [9.17, 15) is 4.79 Å². The number of carbonyl (C=O) groups is 1. The number of ether oxygens (including phenoxy) is 1. The lowest BCUT2D eigenvalue weighted by Gasteiger charge is -2.27. The van der Waals surface area contributed by atoms with Gasteiger partial charge in [0.2, 0.25) is 5.91 Å². The van der Waals surface area contributed by atoms with E-state index in [0.29, 0.717) is 22.6 Å². The van der Waals surface area contributed by atoms with E-state index in [4.69, 9.17) is 9.15 Å². The van der Waals surface area contributed by atoms with Crippen molar-refractivity contribution in [2.45, 2.75) is 32.9 Å². The summed E-state index contributed by atoms with van der Waals surface area (Å²) in [5.41, 5.74) is 2.63. The van der Waals surface area contributed by atoms with Gasteiger partial charge in [0.1, 0.15) is 11.3 Å². The molecule has 0 spiro atoms. The molecule has 1 atom stereocenters. The van der Waals surface area contributed by atoms with Gasteiger partial charge in [0.15, 0.2) is 5.65 Å². The quantitative estimate of drug-likeness (QED) is 0.437. The number of carbonyl (C=O) groups excluding carboxylic acids is 1. The maximum atomic E-state index is 11.7. The molecule has 1 aliphatic heterocycles. The van der Waals surface area contributed by atoms with Crippen LogP contribution in [-0.4, -0.2) is 51.4 Å². The van der Waals surface area contributed by atoms with E-state index in [1.54, 1.807) is 13.1 Å². The summed E-state index contributed by atoms with van der Waals surface area (Å²) >= 11 is 1.47. The molecular formula is C23H24N4O3S. The van der Waals surface area contributed by atoms with Crippen molar-refractivity contribution in [1.82, 2.24) is 19.8 Å². The molecule has 0 radical (unpaired) electrons. The third-order valence-corrected chi connectivity index (χ3v) is 6.77. The van der Waals surface area contributed by atoms with Crippen molar-refractivity contribution in [1.29, 1.82) is 0 Å². The summed E-state index contributed by atoms with van der Waals surface area (Å²) in [4.78, 5) is 24.7. The molecule has 8 heteroatoms. The number of fused-ring (bicyclic) bond motifs is 2. The number of benzene rings is 1. The molecule has 3 aromatic heterocycles. The third kappa shape index (κ3) is 4.00. The molecule has 31 heavy (non-hydrogen) atoms. The lowest BCUT2D eigenvalue weighted by molar-refractivity contribution is -0.127. The normalized spacial score (nSPS) is 16.6. The Morgan fingerprint density at radius 3 is 3.06 bits per heavy atom. The summed E-state index contributed by atoms with van der Waals surface area (Å²) in [7, 11) is 0. The second kappa shape index (κ2) is 8.28. The summed E-state index contributed by atoms with van der Waals surface area (Å²) in [6.07, 6.45) is 4.57. The van der Waals surface area contributed by atoms with E-state index in [1.165, 1.54) is 11.3 Å². The zero-order valence-electron chi connectivity index (χ0n) is 17.6. The lowest BCUT2D eigenvalue weighted by Crippen LogP contribution is -2.37. The average molecular weight is 437 g/mol. The number of hydrogen-bond donors (Lipinski definition) is 0. The van der Waals surface area contributed by atoms with Gasteiger partial charge in [-0.15, -0.1) is 0 Å². The van der Waals surface area contributed by atoms with Gasteiger partial charge in [-0.2, -0.15) is 4.98 Å². The molecule has 0 N–H and O–H groups in total. The smallest absolute Gasteiger partial charge is 0.281 e. The fourth-order valence-corrected chi connectivity index (χ4v) is 4.98. The number of likely N-dealkylation sites (tertiary alicyclic amines) is 1. The Balaban J connectivity index is 1.32. The number of thiazole rings is 1. The van der Waals surface area contributed by atoms with Crippen LogP contribution in [-0.2, 0) is 11.3 Å². The molecule has 0 aliphatic carbocycles. The molecule has 1 fully saturated rings. The van der Waals surface area contributed by atoms with Crippen LogP contribution in [0.2, 0.25) is 0 Å². The zero-order chi connectivity index (χ0) is 21.4. The molecule has 4 heterocycles. The molecule has 1 amide bonds. The van der Waals surface area contributed by atoms with Gasteiger partial charge in [0.25, 0.3) is 5.19 Å². The second-order valence-corrected chi connectivity index (χ2v) is 8.79. The minimum atomic E-state index is 0.156. The van der Waals surface area contributed by atoms with Crippen molar-refractivity contribution < 1.29 is 13.9 Å². The highest BCUT2D eigenvalue weighted by molar-refractivity contribution is 7.20. The molecule has 1 aliphatic rings. The molecule has 160 valence electrons. The first-order valence-electron chi connectivity index (χ1n) is 10.5. The fourth-order valence-electron chi connectivity index (χ4n) is 4.19. The van der Waals surface area contributed by atoms with Crippen LogP contribution in [0.5, 0.6) is 10.9 Å². The molecule has 1 aromatic carbocycles. The van der Waals surface area contributed by atoms with Crippen molar-refractivity contribution in [3.05, 3.63) is 48.4 Å². The molecule has 0 saturated carbocycles. The van der Waals surface area contributed by atoms with Crippen LogP contribution >= 0.6 is 11.3 Å². The van der Waals surface area contributed by atoms with Crippen LogP contribution in [0.25, 0.3) is 21.3 Å². The van der Waals surface area contributed by atoms with Crippen LogP contribution in [0.1, 0.15) is 25.8 Å². The van der Waals surface area contributed by atoms with E-state index < -0.39 is 0 Å². The summed E-state index contributed by atoms with van der Waals surface area (Å²) in [5.74, 6) is 0.844. The Bertz CT molecular complexity index is 1200. The van der Waals surface area contributed by atoms with Crippen LogP contribution < -0.4 is 4.74 Å². The molecule has 1 saturated heterocycles. The predicted octanol–water partition coefficient (Wildman–Crippen LogP) is 4.67. The Morgan fingerprint density at radius 2 is 2.29 bits per heavy atom. The summed E-state index contributed by atoms with van der Waals surface area (Å²) in [6.45, 7) is 7.17. The average Bonchev–Trinajstić information content (AvgIpc) is 3.49. The monoisotopic (exact) mass is 436 g/mol. The first kappa shape index (κ1) is 20.0. The van der Waals surface area contributed by atoms with E-state index in [-0.39, 0.29) is 5.91 Å². The molecule has 5 rings (SSSR count). The Morgan fingerprint density at radius 1 is 1.39 bits per heavy atom. The van der Waals surface area contributed by atoms with E-state index in [0.717, 1.165) is 53.8 Å². The molecular weight excluding hydrogens is 412 g/mol. The van der Waals surface area contributed by atoms with Gasteiger partial charge in [0, 0.05) is 55.8 Å². The number of furan rings is 1. The minimum Gasteiger partial charge on any atom is -0.464 e. The second-order valence-electron chi connectivity index (χ2n) is 7.80. The van der Waals surface area contributed by atoms with Gasteiger partial charge in [-0.25, -0.2) is 4.98 Å². The number of amides is 1. The van der Waals surface area contributed by atoms with Crippen molar-refractivity contribution in [2.75, 3.05) is 19.6 Å². The predicted molar refractivity (Wildman–Crippen MR) is 120 cm³/mol. The van der Waals surface area contributed by atoms with E-state index in [1.807, 2.05) is 41.5 Å². The maximum absolute atomic E-state index is 11.7. The van der Waals surface area contributed by atoms with Crippen molar-refractivity contribution in [3.63, 3.8) is 0 Å². The highest BCUT2D eigenvalue weighted by Gasteiger charge is 2.28. The van der Waals surface area contributed by atoms with Gasteiger partial charge in [0.05, 0.1) is 11.0 Å². The van der Waals surface area contributed by atoms with Crippen molar-refractivity contribution in [2.24, 2.45) is 0 Å². The molecule has 7 nitrogen and oxygen atoms in total. The maximum Gasteiger partial charge on any atom is 0.281 e. The lowest BCUT2D eigenvalue weighted by atomic mass is 10.1. The van der Waals surface area contributed by atoms with Crippen molar-refractivity contribution >= 4 is 38.6 Å². The van der Waals surface area contributed by atoms with E-state index in [2.05, 4.69) is 21.8 Å². The number of likely N-dealkylation sites (N-methyl/N-ethyl adjacent to an activating group) is 1. The number of aromatic nitrogens is 2. The van der Waals surface area contributed by atoms with Gasteiger partial charge < -0.3 is 14.1 Å². The largest absolute Gasteiger partial charge is 0.464 e. The fraction of sp³-hybridized carbons (Fsp3) is 0.348. The van der Waals surface area contributed by atoms with Gasteiger partial charge in [-0.1, -0.05) is 18.3 Å². The van der Waals surface area contributed by atoms with Crippen LogP contribution in [0, 0.1) is 0 Å². The Hall–Kier alpha value is -2.97. The van der Waals surface area contributed by atoms with Gasteiger partial charge in [-0.3, -0.25) is 9.69 Å². The van der Waals surface area contributed by atoms with Gasteiger partial charge >= 0.3 is 0 Å². The number of rotatable bonds is 6. The molecule has 1 unspecified atom stereocenters. The summed E-state index contributed by atoms with van der Waals surface area (Å²) in [6, 6.07) is 10.2. The summed E-state index contributed by atoms with van der Waals surface area (Å²) < 4.78 is 12.8. The number of hydrogen-bond acceptors (Lipinski definition) is 7. The minimum absolute atomic E-state index is 0.156. The SMILES string of the molecule is CCN(Cc1coc2cc(Oc3nc4ncccc4s3)ccc12)C1CCN(C(C)=O)C1. The summed E-state index contributed by atoms with van der Waals surface area (Å²) in [5, 5.41) is 1.64. The number of pyridine rings is 1. The zero-order valence-corrected chi connectivity index (χ0v) is 18.4. The third-order valence-electron chi connectivity index (χ3n) is 5.88. The Labute approximate surface area is 184 Å². The van der Waals surface area contributed by atoms with Crippen LogP contribution in [0.15, 0.2) is 47.2 Å². The first-order chi connectivity index (χ1) is 15.1. The highest BCUT2D eigenvalue weighted by Crippen LogP contribution is 2.33.